The predicted molar refractivity (Wildman–Crippen MR) is 51.2 cm³/mol. The van der Waals surface area contributed by atoms with E-state index in [1.54, 1.807) is 0 Å². The molecule has 2 nitrogen and oxygen atoms in total. The average molecular weight is 168 g/mol. The summed E-state index contributed by atoms with van der Waals surface area (Å²) in [6.07, 6.45) is 4.10. The number of hydrogen-bond acceptors (Lipinski definition) is 2. The van der Waals surface area contributed by atoms with Gasteiger partial charge in [-0.25, -0.2) is 0 Å². The minimum absolute atomic E-state index is 0.516. The van der Waals surface area contributed by atoms with Gasteiger partial charge in [0.2, 0.25) is 0 Å². The van der Waals surface area contributed by atoms with E-state index in [9.17, 15) is 0 Å². The van der Waals surface area contributed by atoms with Crippen LogP contribution in [0.1, 0.15) is 33.1 Å². The monoisotopic (exact) mass is 168 g/mol. The van der Waals surface area contributed by atoms with Gasteiger partial charge in [0.05, 0.1) is 0 Å². The lowest BCUT2D eigenvalue weighted by Gasteiger charge is -2.18. The van der Waals surface area contributed by atoms with Crippen LogP contribution in [-0.2, 0) is 0 Å². The molecule has 1 aliphatic carbocycles. The van der Waals surface area contributed by atoms with E-state index in [0.29, 0.717) is 5.54 Å². The predicted octanol–water partition coefficient (Wildman–Crippen LogP) is 1.13. The van der Waals surface area contributed by atoms with Crippen molar-refractivity contribution in [2.45, 2.75) is 44.7 Å². The van der Waals surface area contributed by atoms with Crippen LogP contribution in [0.5, 0.6) is 0 Å². The lowest BCUT2D eigenvalue weighted by Crippen LogP contribution is -2.36. The van der Waals surface area contributed by atoms with Crippen LogP contribution < -0.4 is 10.6 Å². The lowest BCUT2D eigenvalue weighted by molar-refractivity contribution is 0.404. The molecule has 12 heavy (non-hydrogen) atoms. The van der Waals surface area contributed by atoms with Gasteiger partial charge in [-0.05, 0) is 52.1 Å². The lowest BCUT2D eigenvalue weighted by atomic mass is 10.0. The zero-order chi connectivity index (χ0) is 8.60. The molecule has 2 atom stereocenters. The molecule has 0 aromatic carbocycles. The molecular formula is C10H20N2. The van der Waals surface area contributed by atoms with Crippen molar-refractivity contribution >= 4 is 0 Å². The van der Waals surface area contributed by atoms with Crippen LogP contribution in [0.3, 0.4) is 0 Å². The molecule has 2 aliphatic rings. The molecule has 1 saturated carbocycles. The van der Waals surface area contributed by atoms with Gasteiger partial charge in [-0.2, -0.15) is 0 Å². The van der Waals surface area contributed by atoms with Gasteiger partial charge < -0.3 is 10.6 Å². The fraction of sp³-hybridized carbons (Fsp3) is 1.00. The van der Waals surface area contributed by atoms with Gasteiger partial charge in [0, 0.05) is 11.6 Å². The molecule has 2 heteroatoms. The van der Waals surface area contributed by atoms with E-state index in [2.05, 4.69) is 24.5 Å². The molecule has 0 amide bonds. The molecule has 2 fully saturated rings. The summed E-state index contributed by atoms with van der Waals surface area (Å²) in [4.78, 5) is 0. The van der Waals surface area contributed by atoms with E-state index >= 15 is 0 Å². The van der Waals surface area contributed by atoms with Crippen LogP contribution in [0.4, 0.5) is 0 Å². The maximum atomic E-state index is 3.67. The van der Waals surface area contributed by atoms with Crippen LogP contribution in [0.15, 0.2) is 0 Å². The Hall–Kier alpha value is -0.0800. The van der Waals surface area contributed by atoms with Crippen molar-refractivity contribution in [2.75, 3.05) is 13.1 Å². The Kier molecular flexibility index (Phi) is 2.13. The van der Waals surface area contributed by atoms with Crippen molar-refractivity contribution < 1.29 is 0 Å². The third kappa shape index (κ3) is 1.80. The van der Waals surface area contributed by atoms with E-state index in [0.717, 1.165) is 12.0 Å². The molecule has 0 aromatic heterocycles. The maximum Gasteiger partial charge on any atom is 0.0154 e. The Morgan fingerprint density at radius 3 is 2.75 bits per heavy atom. The molecule has 2 N–H and O–H groups in total. The second-order valence-corrected chi connectivity index (χ2v) is 4.73. The first-order valence-electron chi connectivity index (χ1n) is 5.18. The highest BCUT2D eigenvalue weighted by atomic mass is 15.0. The first-order valence-corrected chi connectivity index (χ1v) is 5.18. The minimum Gasteiger partial charge on any atom is -0.314 e. The summed E-state index contributed by atoms with van der Waals surface area (Å²) in [6.45, 7) is 7.06. The molecule has 2 rings (SSSR count). The highest BCUT2D eigenvalue weighted by Gasteiger charge is 2.37. The highest BCUT2D eigenvalue weighted by Crippen LogP contribution is 2.34. The third-order valence-electron chi connectivity index (χ3n) is 3.48. The van der Waals surface area contributed by atoms with Crippen molar-refractivity contribution in [1.29, 1.82) is 0 Å². The molecule has 0 bridgehead atoms. The van der Waals surface area contributed by atoms with E-state index in [4.69, 9.17) is 0 Å². The van der Waals surface area contributed by atoms with Crippen molar-refractivity contribution in [2.24, 2.45) is 5.92 Å². The highest BCUT2D eigenvalue weighted by molar-refractivity contribution is 4.98. The number of rotatable bonds is 3. The van der Waals surface area contributed by atoms with Gasteiger partial charge in [0.25, 0.3) is 0 Å². The summed E-state index contributed by atoms with van der Waals surface area (Å²) >= 11 is 0. The van der Waals surface area contributed by atoms with Crippen molar-refractivity contribution in [1.82, 2.24) is 10.6 Å². The van der Waals surface area contributed by atoms with Crippen LogP contribution in [0, 0.1) is 5.92 Å². The summed E-state index contributed by atoms with van der Waals surface area (Å²) < 4.78 is 0. The standard InChI is InChI=1S/C10H20N2/c1-8-9(3-6-11-8)7-12-10(2)4-5-10/h8-9,11-12H,3-7H2,1-2H3. The zero-order valence-corrected chi connectivity index (χ0v) is 8.19. The molecule has 0 radical (unpaired) electrons. The SMILES string of the molecule is CC1NCCC1CNC1(C)CC1. The Labute approximate surface area is 75.1 Å². The molecule has 70 valence electrons. The van der Waals surface area contributed by atoms with E-state index < -0.39 is 0 Å². The third-order valence-corrected chi connectivity index (χ3v) is 3.48. The smallest absolute Gasteiger partial charge is 0.0154 e. The van der Waals surface area contributed by atoms with Crippen LogP contribution in [0.2, 0.25) is 0 Å². The molecule has 1 heterocycles. The molecule has 0 aromatic rings. The average Bonchev–Trinajstić information content (AvgIpc) is 2.61. The Balaban J connectivity index is 1.72. The van der Waals surface area contributed by atoms with E-state index in [1.165, 1.54) is 32.4 Å². The topological polar surface area (TPSA) is 24.1 Å². The van der Waals surface area contributed by atoms with Gasteiger partial charge in [-0.15, -0.1) is 0 Å². The second-order valence-electron chi connectivity index (χ2n) is 4.73. The molecule has 1 aliphatic heterocycles. The fourth-order valence-corrected chi connectivity index (χ4v) is 1.93. The van der Waals surface area contributed by atoms with Crippen molar-refractivity contribution in [3.8, 4) is 0 Å². The van der Waals surface area contributed by atoms with Gasteiger partial charge >= 0.3 is 0 Å². The maximum absolute atomic E-state index is 3.67. The normalized spacial score (nSPS) is 38.5. The quantitative estimate of drug-likeness (QED) is 0.660. The van der Waals surface area contributed by atoms with Crippen molar-refractivity contribution in [3.63, 3.8) is 0 Å². The molecular weight excluding hydrogens is 148 g/mol. The second kappa shape index (κ2) is 3.00. The van der Waals surface area contributed by atoms with Crippen molar-refractivity contribution in [3.05, 3.63) is 0 Å². The van der Waals surface area contributed by atoms with E-state index in [1.807, 2.05) is 0 Å². The van der Waals surface area contributed by atoms with Crippen LogP contribution >= 0.6 is 0 Å². The van der Waals surface area contributed by atoms with Gasteiger partial charge in [-0.3, -0.25) is 0 Å². The summed E-state index contributed by atoms with van der Waals surface area (Å²) in [5.41, 5.74) is 0.516. The molecule has 1 saturated heterocycles. The largest absolute Gasteiger partial charge is 0.314 e. The summed E-state index contributed by atoms with van der Waals surface area (Å²) in [5, 5.41) is 7.15. The Morgan fingerprint density at radius 2 is 2.25 bits per heavy atom. The Morgan fingerprint density at radius 1 is 1.50 bits per heavy atom. The summed E-state index contributed by atoms with van der Waals surface area (Å²) in [7, 11) is 0. The summed E-state index contributed by atoms with van der Waals surface area (Å²) in [6, 6.07) is 0.722. The number of hydrogen-bond donors (Lipinski definition) is 2. The fourth-order valence-electron chi connectivity index (χ4n) is 1.93. The van der Waals surface area contributed by atoms with Gasteiger partial charge in [-0.1, -0.05) is 0 Å². The van der Waals surface area contributed by atoms with Crippen LogP contribution in [0.25, 0.3) is 0 Å². The summed E-state index contributed by atoms with van der Waals surface area (Å²) in [5.74, 6) is 0.863. The molecule has 2 unspecified atom stereocenters. The zero-order valence-electron chi connectivity index (χ0n) is 8.19. The Bertz CT molecular complexity index is 163. The first kappa shape index (κ1) is 8.52. The van der Waals surface area contributed by atoms with Crippen LogP contribution in [-0.4, -0.2) is 24.7 Å². The first-order chi connectivity index (χ1) is 5.70. The van der Waals surface area contributed by atoms with Gasteiger partial charge in [0.1, 0.15) is 0 Å². The number of nitrogens with one attached hydrogen (secondary N) is 2. The van der Waals surface area contributed by atoms with Gasteiger partial charge in [0.15, 0.2) is 0 Å². The molecule has 0 spiro atoms. The van der Waals surface area contributed by atoms with E-state index in [-0.39, 0.29) is 0 Å². The minimum atomic E-state index is 0.516.